The zero-order valence-corrected chi connectivity index (χ0v) is 9.61. The maximum absolute atomic E-state index is 9.08. The molecule has 0 aromatic heterocycles. The van der Waals surface area contributed by atoms with Gasteiger partial charge in [0, 0.05) is 13.1 Å². The minimum absolute atomic E-state index is 0.552. The van der Waals surface area contributed by atoms with E-state index in [0.29, 0.717) is 6.04 Å². The smallest absolute Gasteiger partial charge is 0.101 e. The molecule has 0 radical (unpaired) electrons. The number of hydrogen-bond acceptors (Lipinski definition) is 3. The van der Waals surface area contributed by atoms with Gasteiger partial charge >= 0.3 is 0 Å². The summed E-state index contributed by atoms with van der Waals surface area (Å²) in [6.45, 7) is 2.15. The second-order valence-corrected chi connectivity index (χ2v) is 4.22. The van der Waals surface area contributed by atoms with Crippen molar-refractivity contribution in [3.05, 3.63) is 29.8 Å². The Kier molecular flexibility index (Phi) is 3.43. The van der Waals surface area contributed by atoms with Crippen molar-refractivity contribution < 1.29 is 0 Å². The second kappa shape index (κ2) is 5.00. The van der Waals surface area contributed by atoms with Gasteiger partial charge in [-0.1, -0.05) is 12.1 Å². The Morgan fingerprint density at radius 2 is 2.00 bits per heavy atom. The number of piperidine rings is 1. The highest BCUT2D eigenvalue weighted by molar-refractivity contribution is 5.59. The highest BCUT2D eigenvalue weighted by Gasteiger charge is 2.19. The molecule has 1 aromatic rings. The molecule has 3 nitrogen and oxygen atoms in total. The largest absolute Gasteiger partial charge is 0.370 e. The summed E-state index contributed by atoms with van der Waals surface area (Å²) in [7, 11) is 2.09. The van der Waals surface area contributed by atoms with Crippen molar-refractivity contribution >= 4 is 5.69 Å². The average molecular weight is 215 g/mol. The monoisotopic (exact) mass is 215 g/mol. The van der Waals surface area contributed by atoms with Gasteiger partial charge < -0.3 is 10.2 Å². The molecule has 16 heavy (non-hydrogen) atoms. The first-order chi connectivity index (χ1) is 7.83. The van der Waals surface area contributed by atoms with Crippen LogP contribution >= 0.6 is 0 Å². The quantitative estimate of drug-likeness (QED) is 0.817. The first-order valence-electron chi connectivity index (χ1n) is 5.75. The van der Waals surface area contributed by atoms with Crippen LogP contribution in [-0.2, 0) is 0 Å². The van der Waals surface area contributed by atoms with Crippen LogP contribution in [-0.4, -0.2) is 26.2 Å². The summed E-state index contributed by atoms with van der Waals surface area (Å²) in [6, 6.07) is 10.6. The van der Waals surface area contributed by atoms with E-state index in [1.54, 1.807) is 0 Å². The maximum Gasteiger partial charge on any atom is 0.101 e. The summed E-state index contributed by atoms with van der Waals surface area (Å²) < 4.78 is 0. The van der Waals surface area contributed by atoms with Crippen LogP contribution in [0.3, 0.4) is 0 Å². The third-order valence-corrected chi connectivity index (χ3v) is 3.26. The Morgan fingerprint density at radius 3 is 2.69 bits per heavy atom. The van der Waals surface area contributed by atoms with E-state index in [4.69, 9.17) is 5.26 Å². The SMILES string of the molecule is CN(c1ccccc1C#N)C1CCNCC1. The standard InChI is InChI=1S/C13H17N3/c1-16(12-6-8-15-9-7-12)13-5-3-2-4-11(13)10-14/h2-5,12,15H,6-9H2,1H3. The first-order valence-corrected chi connectivity index (χ1v) is 5.75. The molecule has 1 aromatic carbocycles. The molecule has 0 atom stereocenters. The van der Waals surface area contributed by atoms with Gasteiger partial charge in [-0.25, -0.2) is 0 Å². The molecular formula is C13H17N3. The minimum Gasteiger partial charge on any atom is -0.370 e. The van der Waals surface area contributed by atoms with Crippen molar-refractivity contribution in [1.29, 1.82) is 5.26 Å². The molecule has 1 saturated heterocycles. The summed E-state index contributed by atoms with van der Waals surface area (Å²) in [5, 5.41) is 12.4. The number of nitrogens with one attached hydrogen (secondary N) is 1. The molecule has 0 unspecified atom stereocenters. The van der Waals surface area contributed by atoms with Crippen LogP contribution in [0.15, 0.2) is 24.3 Å². The number of nitrogens with zero attached hydrogens (tertiary/aromatic N) is 2. The Bertz CT molecular complexity index is 388. The Balaban J connectivity index is 2.19. The van der Waals surface area contributed by atoms with E-state index in [-0.39, 0.29) is 0 Å². The lowest BCUT2D eigenvalue weighted by Gasteiger charge is -2.33. The van der Waals surface area contributed by atoms with E-state index in [0.717, 1.165) is 37.2 Å². The fraction of sp³-hybridized carbons (Fsp3) is 0.462. The molecule has 1 heterocycles. The predicted molar refractivity (Wildman–Crippen MR) is 65.5 cm³/mol. The molecule has 0 aliphatic carbocycles. The van der Waals surface area contributed by atoms with E-state index < -0.39 is 0 Å². The van der Waals surface area contributed by atoms with Gasteiger partial charge in [0.15, 0.2) is 0 Å². The van der Waals surface area contributed by atoms with Gasteiger partial charge in [0.05, 0.1) is 11.3 Å². The van der Waals surface area contributed by atoms with Gasteiger partial charge in [0.25, 0.3) is 0 Å². The highest BCUT2D eigenvalue weighted by Crippen LogP contribution is 2.23. The lowest BCUT2D eigenvalue weighted by atomic mass is 10.0. The van der Waals surface area contributed by atoms with Crippen molar-refractivity contribution in [2.75, 3.05) is 25.0 Å². The molecule has 0 spiro atoms. The van der Waals surface area contributed by atoms with Crippen LogP contribution in [0.2, 0.25) is 0 Å². The van der Waals surface area contributed by atoms with E-state index in [9.17, 15) is 0 Å². The van der Waals surface area contributed by atoms with Crippen molar-refractivity contribution in [1.82, 2.24) is 5.32 Å². The van der Waals surface area contributed by atoms with Crippen LogP contribution in [0.25, 0.3) is 0 Å². The Labute approximate surface area is 96.7 Å². The predicted octanol–water partition coefficient (Wildman–Crippen LogP) is 1.75. The van der Waals surface area contributed by atoms with E-state index >= 15 is 0 Å². The fourth-order valence-electron chi connectivity index (χ4n) is 2.27. The van der Waals surface area contributed by atoms with Gasteiger partial charge in [-0.2, -0.15) is 5.26 Å². The van der Waals surface area contributed by atoms with E-state index in [2.05, 4.69) is 23.3 Å². The summed E-state index contributed by atoms with van der Waals surface area (Å²) >= 11 is 0. The highest BCUT2D eigenvalue weighted by atomic mass is 15.1. The molecule has 84 valence electrons. The molecule has 0 bridgehead atoms. The van der Waals surface area contributed by atoms with Crippen molar-refractivity contribution in [2.45, 2.75) is 18.9 Å². The van der Waals surface area contributed by atoms with Crippen molar-refractivity contribution in [2.24, 2.45) is 0 Å². The number of anilines is 1. The van der Waals surface area contributed by atoms with Crippen LogP contribution in [0.5, 0.6) is 0 Å². The summed E-state index contributed by atoms with van der Waals surface area (Å²) in [6.07, 6.45) is 2.30. The third kappa shape index (κ3) is 2.17. The lowest BCUT2D eigenvalue weighted by Crippen LogP contribution is -2.41. The Hall–Kier alpha value is -1.53. The molecule has 1 fully saturated rings. The van der Waals surface area contributed by atoms with Crippen LogP contribution < -0.4 is 10.2 Å². The third-order valence-electron chi connectivity index (χ3n) is 3.26. The fourth-order valence-corrected chi connectivity index (χ4v) is 2.27. The van der Waals surface area contributed by atoms with Crippen molar-refractivity contribution in [3.8, 4) is 6.07 Å². The first kappa shape index (κ1) is 11.0. The van der Waals surface area contributed by atoms with Crippen LogP contribution in [0.1, 0.15) is 18.4 Å². The molecule has 1 N–H and O–H groups in total. The number of hydrogen-bond donors (Lipinski definition) is 1. The maximum atomic E-state index is 9.08. The zero-order chi connectivity index (χ0) is 11.4. The van der Waals surface area contributed by atoms with E-state index in [1.807, 2.05) is 24.3 Å². The number of rotatable bonds is 2. The molecular weight excluding hydrogens is 198 g/mol. The summed E-state index contributed by atoms with van der Waals surface area (Å²) in [5.41, 5.74) is 1.82. The normalized spacial score (nSPS) is 16.8. The van der Waals surface area contributed by atoms with E-state index in [1.165, 1.54) is 0 Å². The zero-order valence-electron chi connectivity index (χ0n) is 9.61. The van der Waals surface area contributed by atoms with Crippen molar-refractivity contribution in [3.63, 3.8) is 0 Å². The number of nitriles is 1. The molecule has 1 aliphatic heterocycles. The topological polar surface area (TPSA) is 39.1 Å². The molecule has 0 saturated carbocycles. The molecule has 2 rings (SSSR count). The van der Waals surface area contributed by atoms with Gasteiger partial charge in [0.1, 0.15) is 6.07 Å². The molecule has 1 aliphatic rings. The number of benzene rings is 1. The van der Waals surface area contributed by atoms with Crippen LogP contribution in [0.4, 0.5) is 5.69 Å². The second-order valence-electron chi connectivity index (χ2n) is 4.22. The van der Waals surface area contributed by atoms with Gasteiger partial charge in [0.2, 0.25) is 0 Å². The minimum atomic E-state index is 0.552. The van der Waals surface area contributed by atoms with Gasteiger partial charge in [-0.15, -0.1) is 0 Å². The summed E-state index contributed by atoms with van der Waals surface area (Å²) in [4.78, 5) is 2.25. The summed E-state index contributed by atoms with van der Waals surface area (Å²) in [5.74, 6) is 0. The van der Waals surface area contributed by atoms with Gasteiger partial charge in [-0.05, 0) is 38.1 Å². The number of para-hydroxylation sites is 1. The van der Waals surface area contributed by atoms with Gasteiger partial charge in [-0.3, -0.25) is 0 Å². The average Bonchev–Trinajstić information content (AvgIpc) is 2.39. The Morgan fingerprint density at radius 1 is 1.31 bits per heavy atom. The molecule has 0 amide bonds. The van der Waals surface area contributed by atoms with Crippen LogP contribution in [0, 0.1) is 11.3 Å². The lowest BCUT2D eigenvalue weighted by molar-refractivity contribution is 0.443. The molecule has 3 heteroatoms.